The van der Waals surface area contributed by atoms with Gasteiger partial charge in [-0.1, -0.05) is 25.1 Å². The Morgan fingerprint density at radius 3 is 1.57 bits per heavy atom. The molecule has 0 heterocycles. The van der Waals surface area contributed by atoms with E-state index in [0.29, 0.717) is 16.7 Å². The number of carbonyl (C=O) groups is 7. The summed E-state index contributed by atoms with van der Waals surface area (Å²) in [5.74, 6) is -3.88. The fourth-order valence-corrected chi connectivity index (χ4v) is 3.42. The molecule has 0 fully saturated rings. The Labute approximate surface area is 337 Å². The summed E-state index contributed by atoms with van der Waals surface area (Å²) < 4.78 is 22.3. The van der Waals surface area contributed by atoms with Crippen molar-refractivity contribution in [2.45, 2.75) is 13.8 Å². The van der Waals surface area contributed by atoms with Crippen LogP contribution in [-0.2, 0) is 57.3 Å². The second-order valence-corrected chi connectivity index (χ2v) is 9.65. The van der Waals surface area contributed by atoms with Gasteiger partial charge in [-0.15, -0.1) is 0 Å². The first kappa shape index (κ1) is 56.8. The summed E-state index contributed by atoms with van der Waals surface area (Å²) in [6.07, 6.45) is 6.55. The van der Waals surface area contributed by atoms with Crippen molar-refractivity contribution in [3.63, 3.8) is 0 Å². The van der Waals surface area contributed by atoms with Crippen LogP contribution in [-0.4, -0.2) is 103 Å². The Morgan fingerprint density at radius 1 is 0.655 bits per heavy atom. The molecule has 0 aliphatic rings. The maximum Gasteiger partial charge on any atom is 2.00 e. The van der Waals surface area contributed by atoms with Gasteiger partial charge in [0.1, 0.15) is 5.75 Å². The molecule has 19 heteroatoms. The number of ether oxygens (including phenoxy) is 5. The van der Waals surface area contributed by atoms with Crippen molar-refractivity contribution in [3.8, 4) is 5.75 Å². The number of hydrogen-bond donors (Lipinski definition) is 2. The smallest absolute Gasteiger partial charge is 1.00 e. The summed E-state index contributed by atoms with van der Waals surface area (Å²) in [5.41, 5.74) is 3.88. The molecule has 0 unspecified atom stereocenters. The number of aromatic carboxylic acids is 1. The van der Waals surface area contributed by atoms with Crippen LogP contribution in [0.3, 0.4) is 0 Å². The molecule has 0 aromatic heterocycles. The van der Waals surface area contributed by atoms with Crippen molar-refractivity contribution in [1.29, 1.82) is 0 Å². The van der Waals surface area contributed by atoms with Gasteiger partial charge in [-0.3, -0.25) is 9.59 Å². The SMILES string of the molecule is C=CC(=O)OC.COC(=O)/C=C/c1cc(C)cc(C(=O)OC)c1.COC(=O)c1c[c-]cc(C)c1.O=C=O.O=C=O.O=COc1cc(/C=C/C(=O)O)cc(C(=O)O)c1.[Be+2].[H-]. The van der Waals surface area contributed by atoms with Crippen molar-refractivity contribution in [2.75, 3.05) is 28.4 Å². The summed E-state index contributed by atoms with van der Waals surface area (Å²) in [5, 5.41) is 17.2. The molecule has 0 spiro atoms. The van der Waals surface area contributed by atoms with E-state index in [1.165, 1.54) is 52.7 Å². The molecule has 58 heavy (non-hydrogen) atoms. The van der Waals surface area contributed by atoms with Gasteiger partial charge in [0.25, 0.3) is 12.4 Å². The van der Waals surface area contributed by atoms with E-state index in [1.54, 1.807) is 30.3 Å². The predicted molar refractivity (Wildman–Crippen MR) is 201 cm³/mol. The first-order chi connectivity index (χ1) is 27.0. The molecule has 18 nitrogen and oxygen atoms in total. The summed E-state index contributed by atoms with van der Waals surface area (Å²) in [6, 6.07) is 17.0. The molecule has 3 aromatic rings. The minimum Gasteiger partial charge on any atom is -1.00 e. The van der Waals surface area contributed by atoms with E-state index in [-0.39, 0.29) is 47.6 Å². The largest absolute Gasteiger partial charge is 2.00 e. The third-order valence-electron chi connectivity index (χ3n) is 5.63. The van der Waals surface area contributed by atoms with E-state index in [9.17, 15) is 33.6 Å². The van der Waals surface area contributed by atoms with Gasteiger partial charge in [-0.25, -0.2) is 24.0 Å². The second kappa shape index (κ2) is 34.8. The fourth-order valence-electron chi connectivity index (χ4n) is 3.42. The summed E-state index contributed by atoms with van der Waals surface area (Å²) in [7, 11) is 5.31. The van der Waals surface area contributed by atoms with Gasteiger partial charge in [0.2, 0.25) is 0 Å². The molecule has 0 atom stereocenters. The third-order valence-corrected chi connectivity index (χ3v) is 5.63. The minimum atomic E-state index is -1.20. The molecule has 2 N–H and O–H groups in total. The Morgan fingerprint density at radius 2 is 1.14 bits per heavy atom. The van der Waals surface area contributed by atoms with Gasteiger partial charge in [0.05, 0.1) is 39.6 Å². The molecule has 3 rings (SSSR count). The number of hydrogen-bond acceptors (Lipinski definition) is 16. The zero-order valence-electron chi connectivity index (χ0n) is 33.0. The first-order valence-corrected chi connectivity index (χ1v) is 15.1. The Hall–Kier alpha value is -7.90. The predicted octanol–water partition coefficient (Wildman–Crippen LogP) is 3.48. The quantitative estimate of drug-likeness (QED) is 0.0741. The summed E-state index contributed by atoms with van der Waals surface area (Å²) in [6.45, 7) is 7.08. The van der Waals surface area contributed by atoms with Crippen LogP contribution in [0, 0.1) is 19.9 Å². The Balaban J connectivity index is -0.000000217. The number of benzene rings is 3. The van der Waals surface area contributed by atoms with E-state index < -0.39 is 29.8 Å². The number of methoxy groups -OCH3 is 4. The molecule has 0 radical (unpaired) electrons. The van der Waals surface area contributed by atoms with Gasteiger partial charge in [0.15, 0.2) is 0 Å². The average Bonchev–Trinajstić information content (AvgIpc) is 3.19. The monoisotopic (exact) mass is 803 g/mol. The van der Waals surface area contributed by atoms with Crippen LogP contribution in [0.25, 0.3) is 12.2 Å². The number of aryl methyl sites for hydroxylation is 2. The normalized spacial score (nSPS) is 8.72. The van der Waals surface area contributed by atoms with Crippen LogP contribution in [0.4, 0.5) is 0 Å². The van der Waals surface area contributed by atoms with Crippen LogP contribution in [0.2, 0.25) is 0 Å². The molecule has 0 aliphatic carbocycles. The van der Waals surface area contributed by atoms with E-state index in [1.807, 2.05) is 26.0 Å². The maximum atomic E-state index is 11.4. The van der Waals surface area contributed by atoms with Crippen LogP contribution in [0.1, 0.15) is 54.8 Å². The van der Waals surface area contributed by atoms with E-state index in [4.69, 9.17) is 29.4 Å². The standard InChI is InChI=1S/C13H14O4.C11H8O6.C9H9O2.C4H6O2.2CO2.Be.H/c1-9-6-10(4-5-12(14)16-2)8-11(7-9)13(15)17-3;12-6-17-9-4-7(1-2-10(13)14)3-8(5-9)11(15)16;1-7-4-3-5-8(6-7)9(10)11-2;1-3-4(5)6-2;2*2-1-3;;/h4-8H,1-3H3;1-6H,(H,13,14)(H,15,16);4-6H,1-2H3;3H,1H2,2H3;;;;/q;;-1;;;;+2;-1/b5-4+;2-1+;;;;;;. The number of carbonyl (C=O) groups excluding carboxylic acids is 9. The first-order valence-electron chi connectivity index (χ1n) is 15.1. The van der Waals surface area contributed by atoms with Crippen molar-refractivity contribution in [2.24, 2.45) is 0 Å². The van der Waals surface area contributed by atoms with E-state index >= 15 is 0 Å². The summed E-state index contributed by atoms with van der Waals surface area (Å²) >= 11 is 0. The van der Waals surface area contributed by atoms with Gasteiger partial charge in [-0.2, -0.15) is 49.0 Å². The minimum absolute atomic E-state index is 0. The van der Waals surface area contributed by atoms with Crippen molar-refractivity contribution < 1.29 is 88.1 Å². The topological polar surface area (TPSA) is 274 Å². The third kappa shape index (κ3) is 28.6. The van der Waals surface area contributed by atoms with Gasteiger partial charge < -0.3 is 35.3 Å². The number of carboxylic acid groups (broad SMARTS) is 2. The fraction of sp³-hybridized carbons (Fsp3) is 0.154. The Bertz CT molecular complexity index is 1950. The number of esters is 4. The Kier molecular flexibility index (Phi) is 34.1. The molecule has 0 saturated carbocycles. The molecule has 0 saturated heterocycles. The van der Waals surface area contributed by atoms with Crippen LogP contribution in [0.5, 0.6) is 5.75 Å². The van der Waals surface area contributed by atoms with Crippen LogP contribution in [0.15, 0.2) is 79.4 Å². The van der Waals surface area contributed by atoms with Gasteiger partial charge in [0, 0.05) is 18.2 Å². The van der Waals surface area contributed by atoms with Crippen molar-refractivity contribution >= 4 is 76.9 Å². The van der Waals surface area contributed by atoms with Crippen LogP contribution < -0.4 is 4.74 Å². The molecular weight excluding hydrogens is 765 g/mol. The number of carboxylic acids is 2. The van der Waals surface area contributed by atoms with Crippen LogP contribution >= 0.6 is 0 Å². The molecule has 0 aliphatic heterocycles. The van der Waals surface area contributed by atoms with Gasteiger partial charge in [-0.05, 0) is 66.1 Å². The zero-order chi connectivity index (χ0) is 44.3. The second-order valence-electron chi connectivity index (χ2n) is 9.65. The molecule has 0 amide bonds. The summed E-state index contributed by atoms with van der Waals surface area (Å²) in [4.78, 5) is 107. The van der Waals surface area contributed by atoms with E-state index in [2.05, 4.69) is 36.3 Å². The molecule has 0 bridgehead atoms. The molecular formula is C39H38BeO18. The maximum absolute atomic E-state index is 11.4. The molecule has 304 valence electrons. The molecule has 3 aromatic carbocycles. The number of aliphatic carboxylic acids is 1. The van der Waals surface area contributed by atoms with Gasteiger partial charge >= 0.3 is 52.3 Å². The average molecular weight is 804 g/mol. The number of rotatable bonds is 10. The van der Waals surface area contributed by atoms with Crippen molar-refractivity contribution in [1.82, 2.24) is 0 Å². The van der Waals surface area contributed by atoms with E-state index in [0.717, 1.165) is 34.9 Å². The van der Waals surface area contributed by atoms with Crippen molar-refractivity contribution in [3.05, 3.63) is 124 Å². The zero-order valence-corrected chi connectivity index (χ0v) is 32.0.